The van der Waals surface area contributed by atoms with Gasteiger partial charge in [0.05, 0.1) is 6.42 Å². The fraction of sp³-hybridized carbons (Fsp3) is 0.300. The van der Waals surface area contributed by atoms with Crippen molar-refractivity contribution in [1.29, 1.82) is 0 Å². The Kier molecular flexibility index (Phi) is 7.63. The summed E-state index contributed by atoms with van der Waals surface area (Å²) in [5.74, 6) is -0.881. The second kappa shape index (κ2) is 9.72. The van der Waals surface area contributed by atoms with Crippen molar-refractivity contribution >= 4 is 35.0 Å². The Bertz CT molecular complexity index is 812. The lowest BCUT2D eigenvalue weighted by Crippen LogP contribution is -2.48. The molecule has 0 saturated carbocycles. The molecule has 7 heteroatoms. The Morgan fingerprint density at radius 2 is 1.81 bits per heavy atom. The molecule has 0 fully saturated rings. The standard InChI is InChI=1S/C20H21Cl2FN2O2/c1-3-24-20(27)13(2)25(12-15-6-7-16(21)11-18(15)22)19(26)10-14-4-8-17(23)9-5-14/h4-9,11,13H,3,10,12H2,1-2H3,(H,24,27). The molecule has 0 radical (unpaired) electrons. The number of benzene rings is 2. The number of nitrogens with zero attached hydrogens (tertiary/aromatic N) is 1. The van der Waals surface area contributed by atoms with Crippen LogP contribution in [0.25, 0.3) is 0 Å². The van der Waals surface area contributed by atoms with Crippen LogP contribution in [0.1, 0.15) is 25.0 Å². The summed E-state index contributed by atoms with van der Waals surface area (Å²) in [6.07, 6.45) is 0.0508. The predicted molar refractivity (Wildman–Crippen MR) is 105 cm³/mol. The number of halogens is 3. The minimum Gasteiger partial charge on any atom is -0.355 e. The molecule has 27 heavy (non-hydrogen) atoms. The van der Waals surface area contributed by atoms with Gasteiger partial charge < -0.3 is 10.2 Å². The maximum absolute atomic E-state index is 13.1. The maximum Gasteiger partial charge on any atom is 0.242 e. The molecule has 144 valence electrons. The van der Waals surface area contributed by atoms with Gasteiger partial charge >= 0.3 is 0 Å². The van der Waals surface area contributed by atoms with Gasteiger partial charge in [-0.3, -0.25) is 9.59 Å². The Morgan fingerprint density at radius 3 is 2.41 bits per heavy atom. The van der Waals surface area contributed by atoms with Gasteiger partial charge in [0.1, 0.15) is 11.9 Å². The molecule has 0 spiro atoms. The fourth-order valence-electron chi connectivity index (χ4n) is 2.62. The molecular formula is C20H21Cl2FN2O2. The summed E-state index contributed by atoms with van der Waals surface area (Å²) in [7, 11) is 0. The van der Waals surface area contributed by atoms with Crippen molar-refractivity contribution in [2.24, 2.45) is 0 Å². The summed E-state index contributed by atoms with van der Waals surface area (Å²) in [5.41, 5.74) is 1.35. The number of carbonyl (C=O) groups excluding carboxylic acids is 2. The van der Waals surface area contributed by atoms with Crippen LogP contribution in [0.2, 0.25) is 10.0 Å². The largest absolute Gasteiger partial charge is 0.355 e. The monoisotopic (exact) mass is 410 g/mol. The van der Waals surface area contributed by atoms with Gasteiger partial charge in [0, 0.05) is 23.1 Å². The molecule has 4 nitrogen and oxygen atoms in total. The lowest BCUT2D eigenvalue weighted by molar-refractivity contribution is -0.140. The minimum absolute atomic E-state index is 0.0508. The first-order valence-electron chi connectivity index (χ1n) is 8.57. The maximum atomic E-state index is 13.1. The van der Waals surface area contributed by atoms with Crippen molar-refractivity contribution in [1.82, 2.24) is 10.2 Å². The number of likely N-dealkylation sites (N-methyl/N-ethyl adjacent to an activating group) is 1. The van der Waals surface area contributed by atoms with Crippen LogP contribution in [0.15, 0.2) is 42.5 Å². The lowest BCUT2D eigenvalue weighted by Gasteiger charge is -2.29. The average Bonchev–Trinajstić information content (AvgIpc) is 2.62. The summed E-state index contributed by atoms with van der Waals surface area (Å²) >= 11 is 12.2. The topological polar surface area (TPSA) is 49.4 Å². The van der Waals surface area contributed by atoms with E-state index in [2.05, 4.69) is 5.32 Å². The van der Waals surface area contributed by atoms with E-state index in [-0.39, 0.29) is 30.6 Å². The molecule has 0 aliphatic carbocycles. The van der Waals surface area contributed by atoms with Gasteiger partial charge in [0.25, 0.3) is 0 Å². The van der Waals surface area contributed by atoms with Crippen LogP contribution < -0.4 is 5.32 Å². The zero-order valence-corrected chi connectivity index (χ0v) is 16.6. The summed E-state index contributed by atoms with van der Waals surface area (Å²) < 4.78 is 13.1. The first-order valence-corrected chi connectivity index (χ1v) is 9.33. The van der Waals surface area contributed by atoms with E-state index in [0.29, 0.717) is 27.7 Å². The molecule has 2 aromatic carbocycles. The minimum atomic E-state index is -0.690. The number of hydrogen-bond acceptors (Lipinski definition) is 2. The van der Waals surface area contributed by atoms with Gasteiger partial charge in [-0.2, -0.15) is 0 Å². The Labute approximate surface area is 168 Å². The molecule has 2 amide bonds. The first-order chi connectivity index (χ1) is 12.8. The van der Waals surface area contributed by atoms with Crippen LogP contribution >= 0.6 is 23.2 Å². The SMILES string of the molecule is CCNC(=O)C(C)N(Cc1ccc(Cl)cc1Cl)C(=O)Cc1ccc(F)cc1. The third kappa shape index (κ3) is 5.94. The quantitative estimate of drug-likeness (QED) is 0.742. The van der Waals surface area contributed by atoms with E-state index in [1.54, 1.807) is 37.3 Å². The van der Waals surface area contributed by atoms with E-state index in [1.807, 2.05) is 6.92 Å². The summed E-state index contributed by atoms with van der Waals surface area (Å²) in [6, 6.07) is 10.0. The van der Waals surface area contributed by atoms with Crippen molar-refractivity contribution < 1.29 is 14.0 Å². The van der Waals surface area contributed by atoms with Crippen molar-refractivity contribution in [3.63, 3.8) is 0 Å². The molecule has 1 N–H and O–H groups in total. The predicted octanol–water partition coefficient (Wildman–Crippen LogP) is 4.23. The molecule has 0 aromatic heterocycles. The molecule has 0 aliphatic heterocycles. The molecule has 2 aromatic rings. The normalized spacial score (nSPS) is 11.7. The Hall–Kier alpha value is -2.11. The molecule has 2 rings (SSSR count). The fourth-order valence-corrected chi connectivity index (χ4v) is 3.08. The number of nitrogens with one attached hydrogen (secondary N) is 1. The molecule has 0 aliphatic rings. The first kappa shape index (κ1) is 21.2. The van der Waals surface area contributed by atoms with Gasteiger partial charge in [-0.05, 0) is 49.2 Å². The third-order valence-corrected chi connectivity index (χ3v) is 4.73. The van der Waals surface area contributed by atoms with Crippen LogP contribution in [0, 0.1) is 5.82 Å². The summed E-state index contributed by atoms with van der Waals surface area (Å²) in [5, 5.41) is 3.64. The van der Waals surface area contributed by atoms with Crippen molar-refractivity contribution in [3.8, 4) is 0 Å². The number of hydrogen-bond donors (Lipinski definition) is 1. The second-order valence-electron chi connectivity index (χ2n) is 6.13. The van der Waals surface area contributed by atoms with E-state index in [1.165, 1.54) is 17.0 Å². The highest BCUT2D eigenvalue weighted by Gasteiger charge is 2.26. The van der Waals surface area contributed by atoms with Crippen LogP contribution in [-0.2, 0) is 22.6 Å². The highest BCUT2D eigenvalue weighted by atomic mass is 35.5. The lowest BCUT2D eigenvalue weighted by atomic mass is 10.1. The van der Waals surface area contributed by atoms with Gasteiger partial charge in [0.15, 0.2) is 0 Å². The van der Waals surface area contributed by atoms with Crippen LogP contribution in [0.3, 0.4) is 0 Å². The summed E-state index contributed by atoms with van der Waals surface area (Å²) in [6.45, 7) is 4.10. The summed E-state index contributed by atoms with van der Waals surface area (Å²) in [4.78, 5) is 26.7. The molecule has 0 heterocycles. The Balaban J connectivity index is 2.26. The molecule has 1 atom stereocenters. The van der Waals surface area contributed by atoms with Gasteiger partial charge in [-0.25, -0.2) is 4.39 Å². The van der Waals surface area contributed by atoms with Gasteiger partial charge in [-0.1, -0.05) is 41.4 Å². The van der Waals surface area contributed by atoms with E-state index < -0.39 is 6.04 Å². The third-order valence-electron chi connectivity index (χ3n) is 4.14. The number of amides is 2. The van der Waals surface area contributed by atoms with E-state index in [4.69, 9.17) is 23.2 Å². The molecule has 0 saturated heterocycles. The van der Waals surface area contributed by atoms with E-state index in [9.17, 15) is 14.0 Å². The van der Waals surface area contributed by atoms with E-state index in [0.717, 1.165) is 0 Å². The van der Waals surface area contributed by atoms with Gasteiger partial charge in [0.2, 0.25) is 11.8 Å². The highest BCUT2D eigenvalue weighted by Crippen LogP contribution is 2.23. The number of rotatable bonds is 7. The van der Waals surface area contributed by atoms with Crippen LogP contribution in [0.4, 0.5) is 4.39 Å². The highest BCUT2D eigenvalue weighted by molar-refractivity contribution is 6.35. The molecule has 1 unspecified atom stereocenters. The van der Waals surface area contributed by atoms with Crippen LogP contribution in [-0.4, -0.2) is 29.3 Å². The second-order valence-corrected chi connectivity index (χ2v) is 6.97. The van der Waals surface area contributed by atoms with Crippen molar-refractivity contribution in [2.75, 3.05) is 6.54 Å². The average molecular weight is 411 g/mol. The van der Waals surface area contributed by atoms with Crippen molar-refractivity contribution in [3.05, 3.63) is 69.5 Å². The number of carbonyl (C=O) groups is 2. The molecule has 0 bridgehead atoms. The van der Waals surface area contributed by atoms with E-state index >= 15 is 0 Å². The zero-order chi connectivity index (χ0) is 20.0. The Morgan fingerprint density at radius 1 is 1.15 bits per heavy atom. The molecular weight excluding hydrogens is 390 g/mol. The van der Waals surface area contributed by atoms with Crippen LogP contribution in [0.5, 0.6) is 0 Å². The van der Waals surface area contributed by atoms with Gasteiger partial charge in [-0.15, -0.1) is 0 Å². The smallest absolute Gasteiger partial charge is 0.242 e. The zero-order valence-electron chi connectivity index (χ0n) is 15.1. The van der Waals surface area contributed by atoms with Crippen molar-refractivity contribution in [2.45, 2.75) is 32.9 Å².